The highest BCUT2D eigenvalue weighted by atomic mass is 19.3. The molecule has 6 nitrogen and oxygen atoms in total. The van der Waals surface area contributed by atoms with Gasteiger partial charge >= 0.3 is 12.6 Å². The number of halogens is 2. The molecular weight excluding hydrogens is 392 g/mol. The molecule has 8 heteroatoms. The average molecular weight is 419 g/mol. The fourth-order valence-corrected chi connectivity index (χ4v) is 3.64. The molecule has 0 aromatic heterocycles. The summed E-state index contributed by atoms with van der Waals surface area (Å²) in [5.74, 6) is 0.0606. The van der Waals surface area contributed by atoms with Gasteiger partial charge in [0.15, 0.2) is 0 Å². The highest BCUT2D eigenvalue weighted by molar-refractivity contribution is 5.89. The quantitative estimate of drug-likeness (QED) is 0.605. The number of β-amino-alcohol motifs (C(OH)–C–C–N with tert-alkyl or cyclic N) is 1. The Morgan fingerprint density at radius 2 is 1.87 bits per heavy atom. The first kappa shape index (κ1) is 22.0. The van der Waals surface area contributed by atoms with Crippen molar-refractivity contribution >= 4 is 11.7 Å². The summed E-state index contributed by atoms with van der Waals surface area (Å²) in [5, 5.41) is 16.3. The number of anilines is 1. The number of likely N-dealkylation sites (tertiary alicyclic amines) is 1. The second-order valence-corrected chi connectivity index (χ2v) is 7.31. The van der Waals surface area contributed by atoms with E-state index in [1.807, 2.05) is 30.3 Å². The van der Waals surface area contributed by atoms with E-state index in [1.165, 1.54) is 12.1 Å². The summed E-state index contributed by atoms with van der Waals surface area (Å²) in [4.78, 5) is 14.3. The number of aliphatic hydroxyl groups excluding tert-OH is 1. The first-order valence-corrected chi connectivity index (χ1v) is 10.1. The summed E-state index contributed by atoms with van der Waals surface area (Å²) in [7, 11) is 0. The van der Waals surface area contributed by atoms with E-state index in [-0.39, 0.29) is 17.8 Å². The van der Waals surface area contributed by atoms with E-state index in [2.05, 4.69) is 20.3 Å². The zero-order chi connectivity index (χ0) is 21.3. The van der Waals surface area contributed by atoms with Crippen molar-refractivity contribution in [2.45, 2.75) is 38.0 Å². The third-order valence-corrected chi connectivity index (χ3v) is 5.18. The Morgan fingerprint density at radius 1 is 1.13 bits per heavy atom. The molecule has 2 aromatic rings. The molecule has 0 radical (unpaired) electrons. The Bertz CT molecular complexity index is 790. The van der Waals surface area contributed by atoms with Gasteiger partial charge in [0, 0.05) is 24.8 Å². The van der Waals surface area contributed by atoms with Crippen molar-refractivity contribution in [2.75, 3.05) is 25.0 Å². The fourth-order valence-electron chi connectivity index (χ4n) is 3.64. The lowest BCUT2D eigenvalue weighted by Crippen LogP contribution is -2.48. The van der Waals surface area contributed by atoms with E-state index < -0.39 is 12.7 Å². The van der Waals surface area contributed by atoms with Crippen LogP contribution in [0.5, 0.6) is 5.75 Å². The maximum atomic E-state index is 12.3. The minimum Gasteiger partial charge on any atom is -0.435 e. The fraction of sp³-hybridized carbons (Fsp3) is 0.409. The molecule has 1 aliphatic rings. The van der Waals surface area contributed by atoms with Gasteiger partial charge in [-0.2, -0.15) is 8.78 Å². The van der Waals surface area contributed by atoms with Gasteiger partial charge in [-0.1, -0.05) is 36.8 Å². The molecule has 2 aromatic carbocycles. The number of urea groups is 1. The zero-order valence-corrected chi connectivity index (χ0v) is 16.6. The predicted octanol–water partition coefficient (Wildman–Crippen LogP) is 4.00. The van der Waals surface area contributed by atoms with Gasteiger partial charge in [0.1, 0.15) is 5.75 Å². The second kappa shape index (κ2) is 10.9. The molecule has 1 aliphatic heterocycles. The lowest BCUT2D eigenvalue weighted by molar-refractivity contribution is -0.0498. The van der Waals surface area contributed by atoms with E-state index in [1.54, 1.807) is 12.1 Å². The number of nitrogens with zero attached hydrogens (tertiary/aromatic N) is 1. The van der Waals surface area contributed by atoms with Crippen LogP contribution in [0.4, 0.5) is 19.3 Å². The third kappa shape index (κ3) is 6.67. The normalized spacial score (nSPS) is 18.1. The largest absolute Gasteiger partial charge is 0.435 e. The minimum absolute atomic E-state index is 0.0606. The Kier molecular flexibility index (Phi) is 7.98. The van der Waals surface area contributed by atoms with Gasteiger partial charge in [-0.25, -0.2) is 4.79 Å². The number of hydrogen-bond donors (Lipinski definition) is 3. The van der Waals surface area contributed by atoms with Crippen LogP contribution < -0.4 is 15.4 Å². The van der Waals surface area contributed by atoms with Gasteiger partial charge in [-0.3, -0.25) is 4.90 Å². The number of alkyl halides is 2. The highest BCUT2D eigenvalue weighted by Gasteiger charge is 2.25. The smallest absolute Gasteiger partial charge is 0.387 e. The first-order chi connectivity index (χ1) is 14.5. The Hall–Kier alpha value is -2.71. The standard InChI is InChI=1S/C22H27F2N3O3/c23-21(24)30-19-11-9-16(10-12-19)20(28)15-27-13-5-4-8-18(27)14-25-22(29)26-17-6-2-1-3-7-17/h1-3,6-7,9-12,18,20-21,28H,4-5,8,13-15H2,(H2,25,26,29). The molecule has 0 saturated carbocycles. The summed E-state index contributed by atoms with van der Waals surface area (Å²) in [6.45, 7) is -1.16. The van der Waals surface area contributed by atoms with Gasteiger partial charge in [0.05, 0.1) is 6.10 Å². The number of amides is 2. The van der Waals surface area contributed by atoms with Crippen molar-refractivity contribution < 1.29 is 23.4 Å². The third-order valence-electron chi connectivity index (χ3n) is 5.18. The molecule has 2 atom stereocenters. The number of piperidine rings is 1. The number of carbonyl (C=O) groups excluding carboxylic acids is 1. The number of para-hydroxylation sites is 1. The van der Waals surface area contributed by atoms with Crippen LogP contribution in [-0.2, 0) is 0 Å². The monoisotopic (exact) mass is 419 g/mol. The van der Waals surface area contributed by atoms with Crippen LogP contribution in [0.3, 0.4) is 0 Å². The van der Waals surface area contributed by atoms with E-state index in [4.69, 9.17) is 0 Å². The molecule has 162 valence electrons. The average Bonchev–Trinajstić information content (AvgIpc) is 2.74. The van der Waals surface area contributed by atoms with Gasteiger partial charge in [0.2, 0.25) is 0 Å². The number of ether oxygens (including phenoxy) is 1. The van der Waals surface area contributed by atoms with E-state index in [9.17, 15) is 18.7 Å². The molecule has 2 unspecified atom stereocenters. The number of nitrogens with one attached hydrogen (secondary N) is 2. The number of rotatable bonds is 8. The summed E-state index contributed by atoms with van der Waals surface area (Å²) < 4.78 is 28.9. The summed E-state index contributed by atoms with van der Waals surface area (Å²) >= 11 is 0. The molecule has 0 spiro atoms. The van der Waals surface area contributed by atoms with Crippen LogP contribution in [0.25, 0.3) is 0 Å². The Morgan fingerprint density at radius 3 is 2.57 bits per heavy atom. The lowest BCUT2D eigenvalue weighted by Gasteiger charge is -2.37. The molecular formula is C22H27F2N3O3. The minimum atomic E-state index is -2.87. The van der Waals surface area contributed by atoms with Crippen molar-refractivity contribution in [2.24, 2.45) is 0 Å². The molecule has 1 fully saturated rings. The number of aliphatic hydroxyl groups is 1. The van der Waals surface area contributed by atoms with E-state index in [0.717, 1.165) is 31.5 Å². The second-order valence-electron chi connectivity index (χ2n) is 7.31. The molecule has 3 N–H and O–H groups in total. The molecule has 0 aliphatic carbocycles. The lowest BCUT2D eigenvalue weighted by atomic mass is 10.00. The van der Waals surface area contributed by atoms with Gasteiger partial charge in [-0.05, 0) is 49.2 Å². The van der Waals surface area contributed by atoms with Crippen LogP contribution in [0.15, 0.2) is 54.6 Å². The molecule has 1 saturated heterocycles. The van der Waals surface area contributed by atoms with Crippen LogP contribution in [0, 0.1) is 0 Å². The summed E-state index contributed by atoms with van der Waals surface area (Å²) in [6, 6.07) is 15.1. The van der Waals surface area contributed by atoms with Crippen LogP contribution in [0.2, 0.25) is 0 Å². The number of carbonyl (C=O) groups is 1. The van der Waals surface area contributed by atoms with E-state index in [0.29, 0.717) is 18.7 Å². The number of benzene rings is 2. The van der Waals surface area contributed by atoms with Crippen LogP contribution in [-0.4, -0.2) is 48.3 Å². The van der Waals surface area contributed by atoms with Gasteiger partial charge < -0.3 is 20.5 Å². The summed E-state index contributed by atoms with van der Waals surface area (Å²) in [6.07, 6.45) is 2.27. The van der Waals surface area contributed by atoms with Crippen molar-refractivity contribution in [3.63, 3.8) is 0 Å². The topological polar surface area (TPSA) is 73.8 Å². The summed E-state index contributed by atoms with van der Waals surface area (Å²) in [5.41, 5.74) is 1.36. The molecule has 30 heavy (non-hydrogen) atoms. The molecule has 3 rings (SSSR count). The Balaban J connectivity index is 1.51. The van der Waals surface area contributed by atoms with E-state index >= 15 is 0 Å². The van der Waals surface area contributed by atoms with Crippen molar-refractivity contribution in [1.29, 1.82) is 0 Å². The van der Waals surface area contributed by atoms with Crippen molar-refractivity contribution in [3.05, 3.63) is 60.2 Å². The van der Waals surface area contributed by atoms with Crippen LogP contribution in [0.1, 0.15) is 30.9 Å². The molecule has 2 amide bonds. The molecule has 1 heterocycles. The van der Waals surface area contributed by atoms with Gasteiger partial charge in [-0.15, -0.1) is 0 Å². The maximum Gasteiger partial charge on any atom is 0.387 e. The SMILES string of the molecule is O=C(NCC1CCCCN1CC(O)c1ccc(OC(F)F)cc1)Nc1ccccc1. The first-order valence-electron chi connectivity index (χ1n) is 10.1. The number of hydrogen-bond acceptors (Lipinski definition) is 4. The van der Waals surface area contributed by atoms with Crippen LogP contribution >= 0.6 is 0 Å². The highest BCUT2D eigenvalue weighted by Crippen LogP contribution is 2.23. The predicted molar refractivity (Wildman–Crippen MR) is 111 cm³/mol. The molecule has 0 bridgehead atoms. The van der Waals surface area contributed by atoms with Gasteiger partial charge in [0.25, 0.3) is 0 Å². The van der Waals surface area contributed by atoms with Crippen molar-refractivity contribution in [1.82, 2.24) is 10.2 Å². The van der Waals surface area contributed by atoms with Crippen molar-refractivity contribution in [3.8, 4) is 5.75 Å². The Labute approximate surface area is 174 Å². The zero-order valence-electron chi connectivity index (χ0n) is 16.6. The maximum absolute atomic E-state index is 12.3.